The number of thioether (sulfide) groups is 1. The van der Waals surface area contributed by atoms with E-state index in [1.54, 1.807) is 38.1 Å². The maximum atomic E-state index is 12.1. The van der Waals surface area contributed by atoms with Crippen molar-refractivity contribution in [2.24, 2.45) is 11.1 Å². The van der Waals surface area contributed by atoms with Gasteiger partial charge < -0.3 is 21.5 Å². The third kappa shape index (κ3) is 5.45. The van der Waals surface area contributed by atoms with Crippen molar-refractivity contribution in [3.63, 3.8) is 0 Å². The van der Waals surface area contributed by atoms with E-state index in [4.69, 9.17) is 5.73 Å². The van der Waals surface area contributed by atoms with Crippen molar-refractivity contribution < 1.29 is 19.5 Å². The second-order valence-corrected chi connectivity index (χ2v) is 6.37. The Morgan fingerprint density at radius 1 is 1.21 bits per heavy atom. The first kappa shape index (κ1) is 19.8. The third-order valence-electron chi connectivity index (χ3n) is 3.90. The molecule has 0 spiro atoms. The molecule has 0 aliphatic carbocycles. The molecule has 0 atom stereocenters. The Kier molecular flexibility index (Phi) is 7.57. The maximum Gasteiger partial charge on any atom is 0.319 e. The van der Waals surface area contributed by atoms with Gasteiger partial charge in [0.25, 0.3) is 0 Å². The van der Waals surface area contributed by atoms with E-state index in [0.717, 1.165) is 0 Å². The molecule has 3 amide bonds. The normalized spacial score (nSPS) is 10.9. The van der Waals surface area contributed by atoms with Crippen LogP contribution >= 0.6 is 11.8 Å². The first-order valence-electron chi connectivity index (χ1n) is 7.63. The van der Waals surface area contributed by atoms with Gasteiger partial charge in [-0.25, -0.2) is 4.79 Å². The summed E-state index contributed by atoms with van der Waals surface area (Å²) >= 11 is 1.22. The van der Waals surface area contributed by atoms with Crippen molar-refractivity contribution in [3.8, 4) is 0 Å². The second-order valence-electron chi connectivity index (χ2n) is 5.35. The molecule has 0 fully saturated rings. The molecule has 0 heterocycles. The monoisotopic (exact) mass is 353 g/mol. The predicted octanol–water partition coefficient (Wildman–Crippen LogP) is 2.28. The van der Waals surface area contributed by atoms with Gasteiger partial charge in [-0.2, -0.15) is 0 Å². The van der Waals surface area contributed by atoms with E-state index in [2.05, 4.69) is 10.6 Å². The summed E-state index contributed by atoms with van der Waals surface area (Å²) in [6, 6.07) is 6.52. The Morgan fingerprint density at radius 2 is 1.83 bits per heavy atom. The highest BCUT2D eigenvalue weighted by molar-refractivity contribution is 8.00. The number of para-hydroxylation sites is 1. The number of benzene rings is 1. The van der Waals surface area contributed by atoms with Crippen LogP contribution in [0.1, 0.15) is 26.7 Å². The summed E-state index contributed by atoms with van der Waals surface area (Å²) in [6.07, 6.45) is 0.842. The summed E-state index contributed by atoms with van der Waals surface area (Å²) in [7, 11) is 0. The van der Waals surface area contributed by atoms with E-state index in [0.29, 0.717) is 23.4 Å². The molecule has 7 nitrogen and oxygen atoms in total. The Morgan fingerprint density at radius 3 is 2.38 bits per heavy atom. The quantitative estimate of drug-likeness (QED) is 0.507. The standard InChI is InChI=1S/C16H23N3O4S/c1-3-16(4-2,14(21)22)10-18-15(23)19-11-7-5-6-8-12(11)24-9-13(17)20/h5-8H,3-4,9-10H2,1-2H3,(H2,17,20)(H,21,22)(H2,18,19,23). The van der Waals surface area contributed by atoms with Crippen LogP contribution < -0.4 is 16.4 Å². The zero-order valence-electron chi connectivity index (χ0n) is 13.8. The van der Waals surface area contributed by atoms with Crippen LogP contribution in [0.4, 0.5) is 10.5 Å². The lowest BCUT2D eigenvalue weighted by Crippen LogP contribution is -2.43. The van der Waals surface area contributed by atoms with Crippen LogP contribution in [0, 0.1) is 5.41 Å². The fraction of sp³-hybridized carbons (Fsp3) is 0.438. The molecular weight excluding hydrogens is 330 g/mol. The molecule has 8 heteroatoms. The van der Waals surface area contributed by atoms with Gasteiger partial charge in [0.05, 0.1) is 16.9 Å². The molecule has 1 aromatic carbocycles. The number of nitrogens with two attached hydrogens (primary N) is 1. The molecule has 0 aromatic heterocycles. The summed E-state index contributed by atoms with van der Waals surface area (Å²) < 4.78 is 0. The zero-order valence-corrected chi connectivity index (χ0v) is 14.6. The number of anilines is 1. The van der Waals surface area contributed by atoms with Crippen molar-refractivity contribution in [3.05, 3.63) is 24.3 Å². The molecule has 24 heavy (non-hydrogen) atoms. The molecule has 132 valence electrons. The fourth-order valence-electron chi connectivity index (χ4n) is 2.14. The van der Waals surface area contributed by atoms with Gasteiger partial charge >= 0.3 is 12.0 Å². The molecule has 1 rings (SSSR count). The first-order chi connectivity index (χ1) is 11.3. The van der Waals surface area contributed by atoms with Crippen molar-refractivity contribution in [2.75, 3.05) is 17.6 Å². The number of urea groups is 1. The molecule has 1 aromatic rings. The minimum Gasteiger partial charge on any atom is -0.481 e. The predicted molar refractivity (Wildman–Crippen MR) is 94.0 cm³/mol. The SMILES string of the molecule is CCC(CC)(CNC(=O)Nc1ccccc1SCC(N)=O)C(=O)O. The molecular formula is C16H23N3O4S. The molecule has 0 unspecified atom stereocenters. The van der Waals surface area contributed by atoms with Crippen molar-refractivity contribution >= 4 is 35.4 Å². The summed E-state index contributed by atoms with van der Waals surface area (Å²) in [6.45, 7) is 3.61. The minimum absolute atomic E-state index is 0.0394. The third-order valence-corrected chi connectivity index (χ3v) is 5.00. The average Bonchev–Trinajstić information content (AvgIpc) is 2.55. The van der Waals surface area contributed by atoms with Crippen LogP contribution in [0.5, 0.6) is 0 Å². The fourth-order valence-corrected chi connectivity index (χ4v) is 2.89. The van der Waals surface area contributed by atoms with E-state index >= 15 is 0 Å². The van der Waals surface area contributed by atoms with Crippen LogP contribution in [0.2, 0.25) is 0 Å². The lowest BCUT2D eigenvalue weighted by molar-refractivity contribution is -0.149. The Hall–Kier alpha value is -2.22. The van der Waals surface area contributed by atoms with Gasteiger partial charge in [0, 0.05) is 11.4 Å². The number of primary amides is 1. The second kappa shape index (κ2) is 9.17. The van der Waals surface area contributed by atoms with Gasteiger partial charge in [0.2, 0.25) is 5.91 Å². The number of carboxylic acid groups (broad SMARTS) is 1. The molecule has 0 radical (unpaired) electrons. The number of amides is 3. The summed E-state index contributed by atoms with van der Waals surface area (Å²) in [5.74, 6) is -1.27. The number of nitrogens with one attached hydrogen (secondary N) is 2. The van der Waals surface area contributed by atoms with Crippen molar-refractivity contribution in [1.29, 1.82) is 0 Å². The van der Waals surface area contributed by atoms with Gasteiger partial charge in [-0.05, 0) is 25.0 Å². The van der Waals surface area contributed by atoms with Gasteiger partial charge in [0.1, 0.15) is 0 Å². The lowest BCUT2D eigenvalue weighted by Gasteiger charge is -2.26. The molecule has 0 aliphatic rings. The molecule has 0 bridgehead atoms. The van der Waals surface area contributed by atoms with Crippen LogP contribution in [-0.4, -0.2) is 35.3 Å². The number of aliphatic carboxylic acids is 1. The Bertz CT molecular complexity index is 603. The number of hydrogen-bond donors (Lipinski definition) is 4. The van der Waals surface area contributed by atoms with Crippen molar-refractivity contribution in [2.45, 2.75) is 31.6 Å². The maximum absolute atomic E-state index is 12.1. The molecule has 0 saturated heterocycles. The summed E-state index contributed by atoms with van der Waals surface area (Å²) in [5.41, 5.74) is 4.69. The van der Waals surface area contributed by atoms with Crippen molar-refractivity contribution in [1.82, 2.24) is 5.32 Å². The van der Waals surface area contributed by atoms with E-state index < -0.39 is 23.3 Å². The highest BCUT2D eigenvalue weighted by atomic mass is 32.2. The first-order valence-corrected chi connectivity index (χ1v) is 8.61. The summed E-state index contributed by atoms with van der Waals surface area (Å²) in [5, 5.41) is 14.7. The molecule has 0 aliphatic heterocycles. The van der Waals surface area contributed by atoms with E-state index in [-0.39, 0.29) is 12.3 Å². The lowest BCUT2D eigenvalue weighted by atomic mass is 9.82. The van der Waals surface area contributed by atoms with E-state index in [9.17, 15) is 19.5 Å². The molecule has 0 saturated carbocycles. The van der Waals surface area contributed by atoms with E-state index in [1.807, 2.05) is 0 Å². The largest absolute Gasteiger partial charge is 0.481 e. The van der Waals surface area contributed by atoms with E-state index in [1.165, 1.54) is 11.8 Å². The zero-order chi connectivity index (χ0) is 18.2. The van der Waals surface area contributed by atoms with Crippen LogP contribution in [0.25, 0.3) is 0 Å². The number of carbonyl (C=O) groups is 3. The number of rotatable bonds is 9. The van der Waals surface area contributed by atoms with Gasteiger partial charge in [-0.15, -0.1) is 11.8 Å². The van der Waals surface area contributed by atoms with Gasteiger partial charge in [-0.3, -0.25) is 9.59 Å². The summed E-state index contributed by atoms with van der Waals surface area (Å²) in [4.78, 5) is 35.1. The number of hydrogen-bond acceptors (Lipinski definition) is 4. The highest BCUT2D eigenvalue weighted by Gasteiger charge is 2.35. The smallest absolute Gasteiger partial charge is 0.319 e. The van der Waals surface area contributed by atoms with Gasteiger partial charge in [-0.1, -0.05) is 26.0 Å². The Labute approximate surface area is 145 Å². The van der Waals surface area contributed by atoms with Crippen LogP contribution in [0.3, 0.4) is 0 Å². The topological polar surface area (TPSA) is 122 Å². The van der Waals surface area contributed by atoms with Gasteiger partial charge in [0.15, 0.2) is 0 Å². The minimum atomic E-state index is -0.975. The Balaban J connectivity index is 2.71. The highest BCUT2D eigenvalue weighted by Crippen LogP contribution is 2.27. The molecule has 5 N–H and O–H groups in total. The number of carbonyl (C=O) groups excluding carboxylic acids is 2. The number of carboxylic acids is 1. The van der Waals surface area contributed by atoms with Crippen LogP contribution in [-0.2, 0) is 9.59 Å². The van der Waals surface area contributed by atoms with Crippen LogP contribution in [0.15, 0.2) is 29.2 Å². The average molecular weight is 353 g/mol.